The number of carbonyl (C=O) groups excluding carboxylic acids is 1. The molecule has 1 saturated heterocycles. The molecule has 102 valence electrons. The number of alkyl halides is 2. The topological polar surface area (TPSA) is 32.3 Å². The molecular formula is C15H12Cl2N2O. The number of benzene rings is 1. The van der Waals surface area contributed by atoms with E-state index in [1.54, 1.807) is 0 Å². The number of hydrazine groups is 1. The van der Waals surface area contributed by atoms with E-state index in [2.05, 4.69) is 5.43 Å². The first kappa shape index (κ1) is 13.3. The number of halogens is 2. The average Bonchev–Trinajstić information content (AvgIpc) is 2.66. The third kappa shape index (κ3) is 2.13. The molecular weight excluding hydrogens is 295 g/mol. The van der Waals surface area contributed by atoms with Gasteiger partial charge in [0, 0.05) is 0 Å². The first-order valence-electron chi connectivity index (χ1n) is 6.20. The van der Waals surface area contributed by atoms with Gasteiger partial charge in [0.1, 0.15) is 0 Å². The van der Waals surface area contributed by atoms with Crippen LogP contribution in [0.1, 0.15) is 0 Å². The first-order valence-corrected chi connectivity index (χ1v) is 6.95. The number of rotatable bonds is 2. The van der Waals surface area contributed by atoms with E-state index in [9.17, 15) is 4.79 Å². The Kier molecular flexibility index (Phi) is 3.32. The van der Waals surface area contributed by atoms with Crippen LogP contribution in [0.25, 0.3) is 0 Å². The number of hydrogen-bond acceptors (Lipinski definition) is 2. The van der Waals surface area contributed by atoms with Gasteiger partial charge >= 0.3 is 0 Å². The third-order valence-electron chi connectivity index (χ3n) is 3.26. The van der Waals surface area contributed by atoms with Crippen LogP contribution < -0.4 is 5.43 Å². The lowest BCUT2D eigenvalue weighted by atomic mass is 10.0. The predicted molar refractivity (Wildman–Crippen MR) is 81.2 cm³/mol. The van der Waals surface area contributed by atoms with Crippen molar-refractivity contribution in [2.45, 2.75) is 4.33 Å². The monoisotopic (exact) mass is 306 g/mol. The highest BCUT2D eigenvalue weighted by molar-refractivity contribution is 6.59. The maximum atomic E-state index is 12.4. The molecule has 1 heterocycles. The highest BCUT2D eigenvalue weighted by Crippen LogP contribution is 2.46. The molecule has 5 heteroatoms. The number of para-hydroxylation sites is 1. The normalized spacial score (nSPS) is 23.3. The predicted octanol–water partition coefficient (Wildman–Crippen LogP) is 3.66. The Morgan fingerprint density at radius 2 is 1.85 bits per heavy atom. The fourth-order valence-corrected chi connectivity index (χ4v) is 2.81. The Balaban J connectivity index is 1.98. The van der Waals surface area contributed by atoms with Crippen LogP contribution in [0.5, 0.6) is 0 Å². The Morgan fingerprint density at radius 3 is 2.60 bits per heavy atom. The molecule has 3 nitrogen and oxygen atoms in total. The Hall–Kier alpha value is -1.71. The van der Waals surface area contributed by atoms with E-state index in [-0.39, 0.29) is 11.8 Å². The van der Waals surface area contributed by atoms with E-state index >= 15 is 0 Å². The summed E-state index contributed by atoms with van der Waals surface area (Å²) >= 11 is 12.5. The highest BCUT2D eigenvalue weighted by Gasteiger charge is 2.54. The van der Waals surface area contributed by atoms with Crippen LogP contribution in [0, 0.1) is 5.92 Å². The van der Waals surface area contributed by atoms with Gasteiger partial charge in [0.2, 0.25) is 4.33 Å². The van der Waals surface area contributed by atoms with E-state index in [4.69, 9.17) is 23.2 Å². The molecule has 20 heavy (non-hydrogen) atoms. The van der Waals surface area contributed by atoms with Crippen molar-refractivity contribution in [1.82, 2.24) is 5.01 Å². The van der Waals surface area contributed by atoms with Gasteiger partial charge < -0.3 is 0 Å². The van der Waals surface area contributed by atoms with Crippen molar-refractivity contribution < 1.29 is 4.79 Å². The van der Waals surface area contributed by atoms with Crippen LogP contribution in [-0.2, 0) is 4.79 Å². The second-order valence-electron chi connectivity index (χ2n) is 4.58. The molecule has 1 aliphatic heterocycles. The van der Waals surface area contributed by atoms with Gasteiger partial charge in [-0.3, -0.25) is 10.2 Å². The molecule has 1 aliphatic carbocycles. The summed E-state index contributed by atoms with van der Waals surface area (Å²) in [6.45, 7) is 0. The van der Waals surface area contributed by atoms with Gasteiger partial charge in [0.15, 0.2) is 0 Å². The summed E-state index contributed by atoms with van der Waals surface area (Å²) in [4.78, 5) is 12.4. The van der Waals surface area contributed by atoms with Crippen molar-refractivity contribution in [2.24, 2.45) is 5.92 Å². The van der Waals surface area contributed by atoms with Gasteiger partial charge in [-0.05, 0) is 18.2 Å². The SMILES string of the molecule is O=C1N(Nc2ccccc2)C2=CC=CC=C[C@H]2C1(Cl)Cl. The standard InChI is InChI=1S/C15H12Cl2N2O/c16-15(17)12-9-5-2-6-10-13(12)19(14(15)20)18-11-7-3-1-4-8-11/h1-10,12,18H/t12-/m1/s1. The van der Waals surface area contributed by atoms with E-state index in [0.717, 1.165) is 11.4 Å². The highest BCUT2D eigenvalue weighted by atomic mass is 35.5. The minimum Gasteiger partial charge on any atom is -0.292 e. The summed E-state index contributed by atoms with van der Waals surface area (Å²) in [5, 5.41) is 1.42. The summed E-state index contributed by atoms with van der Waals surface area (Å²) in [5.74, 6) is -0.745. The summed E-state index contributed by atoms with van der Waals surface area (Å²) in [6.07, 6.45) is 9.24. The Labute approximate surface area is 127 Å². The van der Waals surface area contributed by atoms with Gasteiger partial charge in [-0.1, -0.05) is 65.7 Å². The Bertz CT molecular complexity index is 620. The van der Waals surface area contributed by atoms with Crippen molar-refractivity contribution in [3.05, 3.63) is 66.4 Å². The fourth-order valence-electron chi connectivity index (χ4n) is 2.27. The summed E-state index contributed by atoms with van der Waals surface area (Å²) in [5.41, 5.74) is 4.58. The van der Waals surface area contributed by atoms with E-state index in [1.165, 1.54) is 5.01 Å². The number of anilines is 1. The Morgan fingerprint density at radius 1 is 1.10 bits per heavy atom. The molecule has 1 aromatic rings. The average molecular weight is 307 g/mol. The molecule has 0 bridgehead atoms. The van der Waals surface area contributed by atoms with Crippen molar-refractivity contribution in [2.75, 3.05) is 5.43 Å². The number of carbonyl (C=O) groups is 1. The molecule has 0 radical (unpaired) electrons. The third-order valence-corrected chi connectivity index (χ3v) is 4.06. The largest absolute Gasteiger partial charge is 0.292 e. The van der Waals surface area contributed by atoms with Crippen molar-refractivity contribution in [1.29, 1.82) is 0 Å². The summed E-state index contributed by atoms with van der Waals surface area (Å²) < 4.78 is -1.49. The number of hydrogen-bond donors (Lipinski definition) is 1. The fraction of sp³-hybridized carbons (Fsp3) is 0.133. The molecule has 1 aromatic carbocycles. The molecule has 2 aliphatic rings. The van der Waals surface area contributed by atoms with Crippen LogP contribution in [0.15, 0.2) is 66.4 Å². The quantitative estimate of drug-likeness (QED) is 0.846. The lowest BCUT2D eigenvalue weighted by Crippen LogP contribution is -2.36. The molecule has 1 N–H and O–H groups in total. The van der Waals surface area contributed by atoms with Crippen molar-refractivity contribution in [3.63, 3.8) is 0 Å². The molecule has 0 spiro atoms. The maximum Gasteiger partial charge on any atom is 0.282 e. The second-order valence-corrected chi connectivity index (χ2v) is 5.97. The first-order chi connectivity index (χ1) is 9.60. The molecule has 0 saturated carbocycles. The molecule has 0 unspecified atom stereocenters. The summed E-state index contributed by atoms with van der Waals surface area (Å²) in [7, 11) is 0. The molecule has 1 fully saturated rings. The summed E-state index contributed by atoms with van der Waals surface area (Å²) in [6, 6.07) is 9.41. The van der Waals surface area contributed by atoms with Crippen LogP contribution in [-0.4, -0.2) is 15.2 Å². The van der Waals surface area contributed by atoms with Gasteiger partial charge in [-0.15, -0.1) is 0 Å². The van der Waals surface area contributed by atoms with E-state index in [0.29, 0.717) is 0 Å². The van der Waals surface area contributed by atoms with Crippen LogP contribution >= 0.6 is 23.2 Å². The zero-order valence-electron chi connectivity index (χ0n) is 10.5. The van der Waals surface area contributed by atoms with Gasteiger partial charge in [-0.2, -0.15) is 0 Å². The maximum absolute atomic E-state index is 12.4. The minimum atomic E-state index is -1.49. The number of amides is 1. The number of nitrogens with zero attached hydrogens (tertiary/aromatic N) is 1. The lowest BCUT2D eigenvalue weighted by Gasteiger charge is -2.20. The number of allylic oxidation sites excluding steroid dienone is 5. The molecule has 0 aromatic heterocycles. The number of nitrogens with one attached hydrogen (secondary N) is 1. The zero-order valence-corrected chi connectivity index (χ0v) is 12.0. The van der Waals surface area contributed by atoms with Gasteiger partial charge in [0.05, 0.1) is 17.3 Å². The molecule has 1 atom stereocenters. The van der Waals surface area contributed by atoms with Gasteiger partial charge in [0.25, 0.3) is 5.91 Å². The lowest BCUT2D eigenvalue weighted by molar-refractivity contribution is -0.126. The smallest absolute Gasteiger partial charge is 0.282 e. The van der Waals surface area contributed by atoms with Crippen LogP contribution in [0.3, 0.4) is 0 Å². The van der Waals surface area contributed by atoms with E-state index in [1.807, 2.05) is 60.7 Å². The number of fused-ring (bicyclic) bond motifs is 1. The molecule has 1 amide bonds. The van der Waals surface area contributed by atoms with Crippen molar-refractivity contribution in [3.8, 4) is 0 Å². The minimum absolute atomic E-state index is 0.371. The van der Waals surface area contributed by atoms with Crippen molar-refractivity contribution >= 4 is 34.8 Å². The van der Waals surface area contributed by atoms with Crippen LogP contribution in [0.2, 0.25) is 0 Å². The zero-order chi connectivity index (χ0) is 14.2. The van der Waals surface area contributed by atoms with E-state index < -0.39 is 4.33 Å². The second kappa shape index (κ2) is 5.00. The molecule has 3 rings (SSSR count). The van der Waals surface area contributed by atoms with Crippen LogP contribution in [0.4, 0.5) is 5.69 Å². The van der Waals surface area contributed by atoms with Gasteiger partial charge in [-0.25, -0.2) is 5.01 Å².